The minimum atomic E-state index is -0.357. The van der Waals surface area contributed by atoms with Gasteiger partial charge in [-0.15, -0.1) is 5.10 Å². The van der Waals surface area contributed by atoms with Gasteiger partial charge in [0.15, 0.2) is 5.69 Å². The van der Waals surface area contributed by atoms with Crippen molar-refractivity contribution in [1.82, 2.24) is 20.3 Å². The second-order valence-corrected chi connectivity index (χ2v) is 6.78. The van der Waals surface area contributed by atoms with E-state index in [4.69, 9.17) is 14.2 Å². The quantitative estimate of drug-likeness (QED) is 0.670. The Balaban J connectivity index is 1.45. The van der Waals surface area contributed by atoms with E-state index in [1.165, 1.54) is 12.1 Å². The summed E-state index contributed by atoms with van der Waals surface area (Å²) >= 11 is 0. The van der Waals surface area contributed by atoms with Crippen LogP contribution < -0.4 is 14.8 Å². The van der Waals surface area contributed by atoms with Gasteiger partial charge in [-0.05, 0) is 35.9 Å². The summed E-state index contributed by atoms with van der Waals surface area (Å²) in [6, 6.07) is 11.5. The highest BCUT2D eigenvalue weighted by atomic mass is 19.1. The van der Waals surface area contributed by atoms with Crippen molar-refractivity contribution in [1.29, 1.82) is 0 Å². The molecule has 1 N–H and O–H groups in total. The molecular formula is C21H21FN4O4. The van der Waals surface area contributed by atoms with E-state index in [1.807, 2.05) is 0 Å². The van der Waals surface area contributed by atoms with Crippen molar-refractivity contribution >= 4 is 5.91 Å². The predicted molar refractivity (Wildman–Crippen MR) is 105 cm³/mol. The normalized spacial score (nSPS) is 15.4. The molecule has 0 saturated heterocycles. The van der Waals surface area contributed by atoms with Crippen LogP contribution in [0, 0.1) is 5.82 Å². The molecule has 0 saturated carbocycles. The SMILES string of the molecule is COc1ccc(OC)c(CNC(=O)c2nnn3c2CO[C@@H](c2ccc(F)cc2)C3)c1. The summed E-state index contributed by atoms with van der Waals surface area (Å²) in [6.45, 7) is 0.815. The maximum absolute atomic E-state index is 13.1. The van der Waals surface area contributed by atoms with Crippen LogP contribution in [-0.2, 0) is 24.4 Å². The number of hydrogen-bond donors (Lipinski definition) is 1. The number of nitrogens with zero attached hydrogens (tertiary/aromatic N) is 3. The molecule has 3 aromatic rings. The van der Waals surface area contributed by atoms with Gasteiger partial charge < -0.3 is 19.5 Å². The average molecular weight is 412 g/mol. The third kappa shape index (κ3) is 3.97. The number of rotatable bonds is 6. The molecular weight excluding hydrogens is 391 g/mol. The summed E-state index contributed by atoms with van der Waals surface area (Å²) in [5.74, 6) is 0.653. The first-order valence-electron chi connectivity index (χ1n) is 9.37. The third-order valence-electron chi connectivity index (χ3n) is 4.98. The molecule has 30 heavy (non-hydrogen) atoms. The number of halogens is 1. The lowest BCUT2D eigenvalue weighted by atomic mass is 10.1. The number of amides is 1. The van der Waals surface area contributed by atoms with Crippen molar-refractivity contribution in [2.24, 2.45) is 0 Å². The fourth-order valence-electron chi connectivity index (χ4n) is 3.35. The third-order valence-corrected chi connectivity index (χ3v) is 4.98. The van der Waals surface area contributed by atoms with Gasteiger partial charge in [0, 0.05) is 12.1 Å². The van der Waals surface area contributed by atoms with Crippen LogP contribution in [0.4, 0.5) is 4.39 Å². The van der Waals surface area contributed by atoms with Gasteiger partial charge in [-0.25, -0.2) is 9.07 Å². The number of carbonyl (C=O) groups excluding carboxylic acids is 1. The maximum Gasteiger partial charge on any atom is 0.274 e. The molecule has 4 rings (SSSR count). The van der Waals surface area contributed by atoms with Crippen molar-refractivity contribution in [3.8, 4) is 11.5 Å². The number of methoxy groups -OCH3 is 2. The zero-order valence-corrected chi connectivity index (χ0v) is 16.6. The van der Waals surface area contributed by atoms with Crippen LogP contribution in [0.2, 0.25) is 0 Å². The average Bonchev–Trinajstić information content (AvgIpc) is 3.21. The molecule has 2 aromatic carbocycles. The summed E-state index contributed by atoms with van der Waals surface area (Å²) in [4.78, 5) is 12.7. The van der Waals surface area contributed by atoms with Gasteiger partial charge in [-0.2, -0.15) is 0 Å². The summed E-state index contributed by atoms with van der Waals surface area (Å²) in [6.07, 6.45) is -0.281. The van der Waals surface area contributed by atoms with Crippen molar-refractivity contribution in [3.05, 3.63) is 70.8 Å². The van der Waals surface area contributed by atoms with E-state index in [2.05, 4.69) is 15.6 Å². The zero-order valence-electron chi connectivity index (χ0n) is 16.6. The van der Waals surface area contributed by atoms with Crippen LogP contribution in [0.1, 0.15) is 33.4 Å². The van der Waals surface area contributed by atoms with Gasteiger partial charge in [0.05, 0.1) is 33.1 Å². The molecule has 1 atom stereocenters. The summed E-state index contributed by atoms with van der Waals surface area (Å²) < 4.78 is 31.2. The number of aromatic nitrogens is 3. The Morgan fingerprint density at radius 3 is 2.77 bits per heavy atom. The topological polar surface area (TPSA) is 87.5 Å². The first-order valence-corrected chi connectivity index (χ1v) is 9.37. The number of benzene rings is 2. The van der Waals surface area contributed by atoms with Crippen LogP contribution in [0.3, 0.4) is 0 Å². The van der Waals surface area contributed by atoms with E-state index in [0.29, 0.717) is 23.7 Å². The van der Waals surface area contributed by atoms with Crippen molar-refractivity contribution in [2.75, 3.05) is 14.2 Å². The monoisotopic (exact) mass is 412 g/mol. The lowest BCUT2D eigenvalue weighted by Gasteiger charge is -2.24. The van der Waals surface area contributed by atoms with Crippen LogP contribution in [0.5, 0.6) is 11.5 Å². The van der Waals surface area contributed by atoms with Gasteiger partial charge in [-0.3, -0.25) is 4.79 Å². The molecule has 0 fully saturated rings. The molecule has 0 radical (unpaired) electrons. The van der Waals surface area contributed by atoms with E-state index in [0.717, 1.165) is 11.1 Å². The minimum Gasteiger partial charge on any atom is -0.497 e. The lowest BCUT2D eigenvalue weighted by molar-refractivity contribution is -0.00180. The van der Waals surface area contributed by atoms with Crippen LogP contribution in [0.25, 0.3) is 0 Å². The highest BCUT2D eigenvalue weighted by molar-refractivity contribution is 5.93. The number of ether oxygens (including phenoxy) is 3. The first-order chi connectivity index (χ1) is 14.6. The summed E-state index contributed by atoms with van der Waals surface area (Å²) in [7, 11) is 3.14. The second-order valence-electron chi connectivity index (χ2n) is 6.78. The van der Waals surface area contributed by atoms with Crippen molar-refractivity contribution in [3.63, 3.8) is 0 Å². The van der Waals surface area contributed by atoms with Gasteiger partial charge >= 0.3 is 0 Å². The number of fused-ring (bicyclic) bond motifs is 1. The maximum atomic E-state index is 13.1. The molecule has 1 aliphatic rings. The van der Waals surface area contributed by atoms with E-state index in [1.54, 1.807) is 49.2 Å². The molecule has 156 valence electrons. The lowest BCUT2D eigenvalue weighted by Crippen LogP contribution is -2.27. The van der Waals surface area contributed by atoms with Crippen LogP contribution in [-0.4, -0.2) is 35.1 Å². The first kappa shape index (κ1) is 19.8. The molecule has 8 nitrogen and oxygen atoms in total. The Morgan fingerprint density at radius 2 is 2.03 bits per heavy atom. The molecule has 2 heterocycles. The molecule has 0 aliphatic carbocycles. The van der Waals surface area contributed by atoms with Crippen molar-refractivity contribution < 1.29 is 23.4 Å². The van der Waals surface area contributed by atoms with Gasteiger partial charge in [0.2, 0.25) is 0 Å². The van der Waals surface area contributed by atoms with Gasteiger partial charge in [0.1, 0.15) is 23.4 Å². The molecule has 9 heteroatoms. The molecule has 0 unspecified atom stereocenters. The standard InChI is InChI=1S/C21H21FN4O4/c1-28-16-7-8-18(29-2)14(9-16)10-23-21(27)20-17-12-30-19(11-26(17)25-24-20)13-3-5-15(22)6-4-13/h3-9,19H,10-12H2,1-2H3,(H,23,27)/t19-/m1/s1. The number of nitrogens with one attached hydrogen (secondary N) is 1. The molecule has 1 aromatic heterocycles. The largest absolute Gasteiger partial charge is 0.497 e. The Morgan fingerprint density at radius 1 is 1.23 bits per heavy atom. The van der Waals surface area contributed by atoms with Gasteiger partial charge in [-0.1, -0.05) is 17.3 Å². The van der Waals surface area contributed by atoms with E-state index < -0.39 is 0 Å². The summed E-state index contributed by atoms with van der Waals surface area (Å²) in [5, 5.41) is 11.0. The highest BCUT2D eigenvalue weighted by Gasteiger charge is 2.27. The van der Waals surface area contributed by atoms with Gasteiger partial charge in [0.25, 0.3) is 5.91 Å². The Hall–Kier alpha value is -3.46. The summed E-state index contributed by atoms with van der Waals surface area (Å²) in [5.41, 5.74) is 2.44. The van der Waals surface area contributed by atoms with Crippen LogP contribution in [0.15, 0.2) is 42.5 Å². The van der Waals surface area contributed by atoms with Crippen LogP contribution >= 0.6 is 0 Å². The van der Waals surface area contributed by atoms with E-state index in [-0.39, 0.29) is 36.7 Å². The zero-order chi connectivity index (χ0) is 21.1. The minimum absolute atomic E-state index is 0.181. The molecule has 0 bridgehead atoms. The number of hydrogen-bond acceptors (Lipinski definition) is 6. The fourth-order valence-corrected chi connectivity index (χ4v) is 3.35. The molecule has 1 aliphatic heterocycles. The molecule has 1 amide bonds. The predicted octanol–water partition coefficient (Wildman–Crippen LogP) is 2.64. The second kappa shape index (κ2) is 8.50. The number of carbonyl (C=O) groups is 1. The van der Waals surface area contributed by atoms with Crippen molar-refractivity contribution in [2.45, 2.75) is 25.8 Å². The highest BCUT2D eigenvalue weighted by Crippen LogP contribution is 2.27. The fraction of sp³-hybridized carbons (Fsp3) is 0.286. The smallest absolute Gasteiger partial charge is 0.274 e. The van der Waals surface area contributed by atoms with E-state index in [9.17, 15) is 9.18 Å². The van der Waals surface area contributed by atoms with E-state index >= 15 is 0 Å². The Labute approximate surface area is 172 Å². The Kier molecular flexibility index (Phi) is 5.62. The Bertz CT molecular complexity index is 1050. The molecule has 0 spiro atoms.